The van der Waals surface area contributed by atoms with Crippen molar-refractivity contribution in [1.82, 2.24) is 0 Å². The van der Waals surface area contributed by atoms with Crippen LogP contribution in [0.5, 0.6) is 0 Å². The van der Waals surface area contributed by atoms with Gasteiger partial charge in [0.05, 0.1) is 12.0 Å². The smallest absolute Gasteiger partial charge is 0.434 e. The molecule has 0 rings (SSSR count). The molecule has 0 amide bonds. The summed E-state index contributed by atoms with van der Waals surface area (Å²) < 4.78 is 9.19. The third-order valence-corrected chi connectivity index (χ3v) is 2.90. The fourth-order valence-electron chi connectivity index (χ4n) is 1.51. The molecule has 0 saturated heterocycles. The van der Waals surface area contributed by atoms with Crippen LogP contribution in [0, 0.1) is 5.41 Å². The summed E-state index contributed by atoms with van der Waals surface area (Å²) in [5.74, 6) is -0.478. The first kappa shape index (κ1) is 13.9. The van der Waals surface area contributed by atoms with E-state index < -0.39 is 17.5 Å². The minimum atomic E-state index is -0.901. The molecule has 4 nitrogen and oxygen atoms in total. The molecular weight excluding hydrogens is 196 g/mol. The van der Waals surface area contributed by atoms with Gasteiger partial charge in [0.25, 0.3) is 0 Å². The van der Waals surface area contributed by atoms with Crippen molar-refractivity contribution >= 4 is 12.1 Å². The molecule has 0 aromatic rings. The lowest BCUT2D eigenvalue weighted by Gasteiger charge is -2.26. The maximum atomic E-state index is 11.7. The fraction of sp³-hybridized carbons (Fsp3) is 0.818. The third kappa shape index (κ3) is 3.53. The molecule has 0 N–H and O–H groups in total. The van der Waals surface area contributed by atoms with Crippen molar-refractivity contribution < 1.29 is 19.1 Å². The van der Waals surface area contributed by atoms with Gasteiger partial charge in [-0.25, -0.2) is 4.79 Å². The number of rotatable bonds is 5. The fourth-order valence-corrected chi connectivity index (χ4v) is 1.51. The Hall–Kier alpha value is -1.06. The van der Waals surface area contributed by atoms with Gasteiger partial charge in [-0.3, -0.25) is 4.79 Å². The third-order valence-electron chi connectivity index (χ3n) is 2.90. The predicted molar refractivity (Wildman–Crippen MR) is 56.4 cm³/mol. The van der Waals surface area contributed by atoms with Crippen molar-refractivity contribution in [3.8, 4) is 0 Å². The lowest BCUT2D eigenvalue weighted by molar-refractivity contribution is -0.152. The van der Waals surface area contributed by atoms with E-state index >= 15 is 0 Å². The molecule has 0 aromatic heterocycles. The van der Waals surface area contributed by atoms with E-state index in [1.54, 1.807) is 6.92 Å². The van der Waals surface area contributed by atoms with Crippen LogP contribution in [0.2, 0.25) is 0 Å². The second kappa shape index (κ2) is 6.43. The molecule has 4 heteroatoms. The summed E-state index contributed by atoms with van der Waals surface area (Å²) in [6.07, 6.45) is 1.09. The van der Waals surface area contributed by atoms with E-state index in [1.165, 1.54) is 0 Å². The van der Waals surface area contributed by atoms with Gasteiger partial charge in [-0.15, -0.1) is 0 Å². The van der Waals surface area contributed by atoms with E-state index in [-0.39, 0.29) is 6.61 Å². The van der Waals surface area contributed by atoms with Crippen LogP contribution >= 0.6 is 0 Å². The van der Waals surface area contributed by atoms with Crippen molar-refractivity contribution in [1.29, 1.82) is 0 Å². The van der Waals surface area contributed by atoms with Gasteiger partial charge in [-0.2, -0.15) is 0 Å². The van der Waals surface area contributed by atoms with Crippen molar-refractivity contribution in [2.75, 3.05) is 6.61 Å². The molecule has 0 unspecified atom stereocenters. The topological polar surface area (TPSA) is 52.6 Å². The van der Waals surface area contributed by atoms with E-state index in [0.717, 1.165) is 0 Å². The Labute approximate surface area is 90.9 Å². The maximum Gasteiger partial charge on any atom is 0.516 e. The maximum absolute atomic E-state index is 11.7. The van der Waals surface area contributed by atoms with Crippen molar-refractivity contribution in [3.63, 3.8) is 0 Å². The Morgan fingerprint density at radius 3 is 1.80 bits per heavy atom. The molecule has 0 saturated carbocycles. The predicted octanol–water partition coefficient (Wildman–Crippen LogP) is 2.90. The molecule has 0 aliphatic heterocycles. The van der Waals surface area contributed by atoms with Crippen LogP contribution in [-0.4, -0.2) is 18.7 Å². The summed E-state index contributed by atoms with van der Waals surface area (Å²) in [5, 5.41) is 0. The summed E-state index contributed by atoms with van der Waals surface area (Å²) in [7, 11) is 0. The van der Waals surface area contributed by atoms with Crippen molar-refractivity contribution in [3.05, 3.63) is 0 Å². The molecular formula is C11H20O4. The monoisotopic (exact) mass is 216 g/mol. The molecule has 0 radical (unpaired) electrons. The van der Waals surface area contributed by atoms with Crippen LogP contribution in [0.3, 0.4) is 0 Å². The van der Waals surface area contributed by atoms with Crippen molar-refractivity contribution in [2.24, 2.45) is 5.41 Å². The van der Waals surface area contributed by atoms with E-state index in [4.69, 9.17) is 0 Å². The van der Waals surface area contributed by atoms with Gasteiger partial charge in [0.15, 0.2) is 0 Å². The van der Waals surface area contributed by atoms with E-state index in [0.29, 0.717) is 19.3 Å². The summed E-state index contributed by atoms with van der Waals surface area (Å²) in [6.45, 7) is 7.63. The van der Waals surface area contributed by atoms with Crippen LogP contribution in [0.25, 0.3) is 0 Å². The molecule has 0 bridgehead atoms. The Balaban J connectivity index is 4.45. The molecule has 15 heavy (non-hydrogen) atoms. The molecule has 0 fully saturated rings. The first-order valence-corrected chi connectivity index (χ1v) is 5.45. The number of esters is 1. The van der Waals surface area contributed by atoms with Gasteiger partial charge in [0.2, 0.25) is 0 Å². The first-order valence-electron chi connectivity index (χ1n) is 5.45. The van der Waals surface area contributed by atoms with E-state index in [2.05, 4.69) is 9.47 Å². The Morgan fingerprint density at radius 2 is 1.47 bits per heavy atom. The summed E-state index contributed by atoms with van der Waals surface area (Å²) in [5.41, 5.74) is -0.549. The Kier molecular flexibility index (Phi) is 5.97. The number of hydrogen-bond donors (Lipinski definition) is 0. The normalized spacial score (nSPS) is 10.9. The molecule has 88 valence electrons. The zero-order chi connectivity index (χ0) is 11.9. The largest absolute Gasteiger partial charge is 0.516 e. The molecule has 0 aromatic carbocycles. The lowest BCUT2D eigenvalue weighted by Crippen LogP contribution is -2.33. The van der Waals surface area contributed by atoms with Crippen LogP contribution in [0.1, 0.15) is 47.0 Å². The van der Waals surface area contributed by atoms with Gasteiger partial charge < -0.3 is 9.47 Å². The molecule has 0 spiro atoms. The number of carbonyl (C=O) groups excluding carboxylic acids is 2. The SMILES string of the molecule is CCOC(=O)OC(=O)C(CC)(CC)CC. The zero-order valence-electron chi connectivity index (χ0n) is 9.96. The molecule has 0 aliphatic rings. The number of ether oxygens (including phenoxy) is 2. The molecule has 0 aliphatic carbocycles. The minimum Gasteiger partial charge on any atom is -0.434 e. The number of carbonyl (C=O) groups is 2. The first-order chi connectivity index (χ1) is 7.06. The van der Waals surface area contributed by atoms with Crippen LogP contribution in [0.15, 0.2) is 0 Å². The van der Waals surface area contributed by atoms with Gasteiger partial charge >= 0.3 is 12.1 Å². The standard InChI is InChI=1S/C11H20O4/c1-5-11(6-2,7-3)9(12)15-10(13)14-8-4/h5-8H2,1-4H3. The minimum absolute atomic E-state index is 0.212. The Morgan fingerprint density at radius 1 is 1.00 bits per heavy atom. The van der Waals surface area contributed by atoms with Gasteiger partial charge in [-0.1, -0.05) is 20.8 Å². The lowest BCUT2D eigenvalue weighted by atomic mass is 9.80. The number of hydrogen-bond acceptors (Lipinski definition) is 4. The quantitative estimate of drug-likeness (QED) is 0.523. The zero-order valence-corrected chi connectivity index (χ0v) is 9.96. The van der Waals surface area contributed by atoms with Crippen LogP contribution < -0.4 is 0 Å². The summed E-state index contributed by atoms with van der Waals surface area (Å²) in [4.78, 5) is 22.7. The van der Waals surface area contributed by atoms with E-state index in [9.17, 15) is 9.59 Å². The highest BCUT2D eigenvalue weighted by Gasteiger charge is 2.36. The van der Waals surface area contributed by atoms with Crippen molar-refractivity contribution in [2.45, 2.75) is 47.0 Å². The van der Waals surface area contributed by atoms with Crippen LogP contribution in [0.4, 0.5) is 4.79 Å². The van der Waals surface area contributed by atoms with Crippen LogP contribution in [-0.2, 0) is 14.3 Å². The average molecular weight is 216 g/mol. The second-order valence-corrected chi connectivity index (χ2v) is 3.41. The highest BCUT2D eigenvalue weighted by Crippen LogP contribution is 2.31. The average Bonchev–Trinajstić information content (AvgIpc) is 2.21. The summed E-state index contributed by atoms with van der Waals surface area (Å²) >= 11 is 0. The van der Waals surface area contributed by atoms with Gasteiger partial charge in [-0.05, 0) is 26.2 Å². The summed E-state index contributed by atoms with van der Waals surface area (Å²) in [6, 6.07) is 0. The highest BCUT2D eigenvalue weighted by molar-refractivity contribution is 5.86. The van der Waals surface area contributed by atoms with Gasteiger partial charge in [0.1, 0.15) is 0 Å². The van der Waals surface area contributed by atoms with E-state index in [1.807, 2.05) is 20.8 Å². The molecule has 0 atom stereocenters. The Bertz CT molecular complexity index is 210. The highest BCUT2D eigenvalue weighted by atomic mass is 16.7. The van der Waals surface area contributed by atoms with Gasteiger partial charge in [0, 0.05) is 0 Å². The molecule has 0 heterocycles. The second-order valence-electron chi connectivity index (χ2n) is 3.41.